The zero-order valence-corrected chi connectivity index (χ0v) is 16.5. The van der Waals surface area contributed by atoms with Crippen molar-refractivity contribution in [1.82, 2.24) is 9.97 Å². The van der Waals surface area contributed by atoms with Crippen LogP contribution in [0.5, 0.6) is 11.5 Å². The van der Waals surface area contributed by atoms with E-state index >= 15 is 0 Å². The smallest absolute Gasteiger partial charge is 0.260 e. The Bertz CT molecular complexity index is 1180. The molecule has 0 saturated carbocycles. The lowest BCUT2D eigenvalue weighted by Crippen LogP contribution is -2.12. The van der Waals surface area contributed by atoms with E-state index in [2.05, 4.69) is 16.0 Å². The number of nitrogens with zero attached hydrogens (tertiary/aromatic N) is 2. The number of aromatic nitrogens is 2. The summed E-state index contributed by atoms with van der Waals surface area (Å²) >= 11 is 1.56. The van der Waals surface area contributed by atoms with Crippen LogP contribution in [-0.4, -0.2) is 24.2 Å². The number of nitrogens with one attached hydrogen (secondary N) is 1. The molecule has 3 aromatic rings. The molecule has 0 aliphatic heterocycles. The molecule has 0 unspecified atom stereocenters. The molecule has 0 fully saturated rings. The van der Waals surface area contributed by atoms with Gasteiger partial charge in [0.25, 0.3) is 5.56 Å². The lowest BCUT2D eigenvalue weighted by Gasteiger charge is -2.10. The topological polar surface area (TPSA) is 88.0 Å². The number of hydrogen-bond acceptors (Lipinski definition) is 6. The maximum Gasteiger partial charge on any atom is 0.260 e. The highest BCUT2D eigenvalue weighted by Gasteiger charge is 2.20. The Hall–Kier alpha value is -3.11. The third-order valence-electron chi connectivity index (χ3n) is 4.93. The molecule has 6 nitrogen and oxygen atoms in total. The number of methoxy groups -OCH3 is 2. The van der Waals surface area contributed by atoms with E-state index in [-0.39, 0.29) is 17.0 Å². The number of hydrogen-bond donors (Lipinski definition) is 1. The first-order valence-electron chi connectivity index (χ1n) is 9.04. The van der Waals surface area contributed by atoms with Crippen LogP contribution in [0.2, 0.25) is 0 Å². The van der Waals surface area contributed by atoms with Crippen LogP contribution in [0.25, 0.3) is 21.9 Å². The molecular formula is C21H19N3O3S. The molecule has 142 valence electrons. The molecule has 1 aliphatic carbocycles. The van der Waals surface area contributed by atoms with Gasteiger partial charge in [-0.15, -0.1) is 11.3 Å². The SMILES string of the molecule is COc1cccc(/C=C(\C#N)c2nc3sc4c(c3c(=O)[nH]2)CCCC4)c1OC. The fourth-order valence-corrected chi connectivity index (χ4v) is 4.89. The molecule has 0 spiro atoms. The van der Waals surface area contributed by atoms with Crippen LogP contribution in [0.15, 0.2) is 23.0 Å². The second-order valence-electron chi connectivity index (χ2n) is 6.56. The molecule has 1 aromatic carbocycles. The molecule has 4 rings (SSSR count). The quantitative estimate of drug-likeness (QED) is 0.678. The average molecular weight is 393 g/mol. The Morgan fingerprint density at radius 2 is 2.11 bits per heavy atom. The molecule has 28 heavy (non-hydrogen) atoms. The third kappa shape index (κ3) is 3.06. The highest BCUT2D eigenvalue weighted by Crippen LogP contribution is 2.35. The van der Waals surface area contributed by atoms with Crippen LogP contribution in [0.4, 0.5) is 0 Å². The summed E-state index contributed by atoms with van der Waals surface area (Å²) in [6.07, 6.45) is 5.80. The number of H-pyrrole nitrogens is 1. The maximum atomic E-state index is 12.8. The Labute approximate surface area is 166 Å². The van der Waals surface area contributed by atoms with Crippen molar-refractivity contribution in [2.45, 2.75) is 25.7 Å². The van der Waals surface area contributed by atoms with Gasteiger partial charge in [0.15, 0.2) is 17.3 Å². The lowest BCUT2D eigenvalue weighted by molar-refractivity contribution is 0.354. The molecule has 0 atom stereocenters. The molecule has 0 radical (unpaired) electrons. The molecule has 0 bridgehead atoms. The summed E-state index contributed by atoms with van der Waals surface area (Å²) in [5.41, 5.74) is 1.88. The van der Waals surface area contributed by atoms with Crippen LogP contribution in [0.3, 0.4) is 0 Å². The van der Waals surface area contributed by atoms with Crippen molar-refractivity contribution < 1.29 is 9.47 Å². The van der Waals surface area contributed by atoms with E-state index in [0.717, 1.165) is 31.2 Å². The third-order valence-corrected chi connectivity index (χ3v) is 6.12. The number of allylic oxidation sites excluding steroid dienone is 1. The van der Waals surface area contributed by atoms with E-state index in [1.54, 1.807) is 37.7 Å². The lowest BCUT2D eigenvalue weighted by atomic mass is 9.97. The van der Waals surface area contributed by atoms with E-state index in [4.69, 9.17) is 9.47 Å². The normalized spacial score (nSPS) is 13.8. The van der Waals surface area contributed by atoms with E-state index in [9.17, 15) is 10.1 Å². The molecule has 0 saturated heterocycles. The van der Waals surface area contributed by atoms with Crippen LogP contribution >= 0.6 is 11.3 Å². The first kappa shape index (κ1) is 18.3. The van der Waals surface area contributed by atoms with Crippen molar-refractivity contribution in [2.75, 3.05) is 14.2 Å². The standard InChI is InChI=1S/C21H19N3O3S/c1-26-15-8-5-6-12(18(15)27-2)10-13(11-22)19-23-20(25)17-14-7-3-4-9-16(14)28-21(17)24-19/h5-6,8,10H,3-4,7,9H2,1-2H3,(H,23,24,25)/b13-10+. The van der Waals surface area contributed by atoms with Crippen LogP contribution in [0.1, 0.15) is 34.7 Å². The van der Waals surface area contributed by atoms with Crippen molar-refractivity contribution in [3.8, 4) is 17.6 Å². The molecule has 2 heterocycles. The highest BCUT2D eigenvalue weighted by molar-refractivity contribution is 7.18. The number of benzene rings is 1. The van der Waals surface area contributed by atoms with Crippen molar-refractivity contribution in [1.29, 1.82) is 5.26 Å². The van der Waals surface area contributed by atoms with Gasteiger partial charge in [-0.3, -0.25) is 4.79 Å². The number of ether oxygens (including phenoxy) is 2. The van der Waals surface area contributed by atoms with Crippen LogP contribution in [-0.2, 0) is 12.8 Å². The molecular weight excluding hydrogens is 374 g/mol. The number of thiophene rings is 1. The summed E-state index contributed by atoms with van der Waals surface area (Å²) in [4.78, 5) is 22.1. The van der Waals surface area contributed by atoms with Crippen molar-refractivity contribution in [3.05, 3.63) is 50.4 Å². The second-order valence-corrected chi connectivity index (χ2v) is 7.64. The Morgan fingerprint density at radius 3 is 2.86 bits per heavy atom. The number of aryl methyl sites for hydroxylation is 2. The number of rotatable bonds is 4. The van der Waals surface area contributed by atoms with Gasteiger partial charge in [0, 0.05) is 10.4 Å². The molecule has 2 aromatic heterocycles. The van der Waals surface area contributed by atoms with Gasteiger partial charge in [-0.1, -0.05) is 12.1 Å². The molecule has 7 heteroatoms. The van der Waals surface area contributed by atoms with Crippen molar-refractivity contribution in [2.24, 2.45) is 0 Å². The first-order chi connectivity index (χ1) is 13.7. The zero-order valence-electron chi connectivity index (χ0n) is 15.7. The number of fused-ring (bicyclic) bond motifs is 3. The van der Waals surface area contributed by atoms with Gasteiger partial charge in [-0.05, 0) is 43.4 Å². The van der Waals surface area contributed by atoms with Crippen LogP contribution < -0.4 is 15.0 Å². The summed E-state index contributed by atoms with van der Waals surface area (Å²) in [5, 5.41) is 10.4. The fourth-order valence-electron chi connectivity index (χ4n) is 3.63. The van der Waals surface area contributed by atoms with E-state index in [1.807, 2.05) is 12.1 Å². The number of nitriles is 1. The summed E-state index contributed by atoms with van der Waals surface area (Å²) in [6.45, 7) is 0. The average Bonchev–Trinajstić information content (AvgIpc) is 3.10. The Kier molecular flexibility index (Phi) is 4.88. The predicted octanol–water partition coefficient (Wildman–Crippen LogP) is 3.94. The first-order valence-corrected chi connectivity index (χ1v) is 9.85. The molecule has 1 aliphatic rings. The molecule has 1 N–H and O–H groups in total. The largest absolute Gasteiger partial charge is 0.493 e. The van der Waals surface area contributed by atoms with E-state index in [0.29, 0.717) is 27.3 Å². The van der Waals surface area contributed by atoms with Crippen LogP contribution in [0, 0.1) is 11.3 Å². The van der Waals surface area contributed by atoms with E-state index in [1.165, 1.54) is 4.88 Å². The number of para-hydroxylation sites is 1. The van der Waals surface area contributed by atoms with Gasteiger partial charge >= 0.3 is 0 Å². The Balaban J connectivity index is 1.86. The highest BCUT2D eigenvalue weighted by atomic mass is 32.1. The summed E-state index contributed by atoms with van der Waals surface area (Å²) in [5.74, 6) is 1.35. The minimum absolute atomic E-state index is 0.182. The summed E-state index contributed by atoms with van der Waals surface area (Å²) in [6, 6.07) is 7.56. The summed E-state index contributed by atoms with van der Waals surface area (Å²) < 4.78 is 10.7. The van der Waals surface area contributed by atoms with Gasteiger partial charge in [0.2, 0.25) is 0 Å². The van der Waals surface area contributed by atoms with Gasteiger partial charge in [-0.25, -0.2) is 4.98 Å². The second kappa shape index (κ2) is 7.49. The summed E-state index contributed by atoms with van der Waals surface area (Å²) in [7, 11) is 3.10. The minimum atomic E-state index is -0.182. The monoisotopic (exact) mass is 393 g/mol. The molecule has 0 amide bonds. The predicted molar refractivity (Wildman–Crippen MR) is 110 cm³/mol. The van der Waals surface area contributed by atoms with Gasteiger partial charge < -0.3 is 14.5 Å². The van der Waals surface area contributed by atoms with Crippen molar-refractivity contribution in [3.63, 3.8) is 0 Å². The zero-order chi connectivity index (χ0) is 19.7. The van der Waals surface area contributed by atoms with Crippen molar-refractivity contribution >= 4 is 33.2 Å². The maximum absolute atomic E-state index is 12.8. The number of aromatic amines is 1. The Morgan fingerprint density at radius 1 is 1.29 bits per heavy atom. The fraction of sp³-hybridized carbons (Fsp3) is 0.286. The van der Waals surface area contributed by atoms with E-state index < -0.39 is 0 Å². The van der Waals surface area contributed by atoms with Gasteiger partial charge in [0.05, 0.1) is 25.2 Å². The van der Waals surface area contributed by atoms with Gasteiger partial charge in [-0.2, -0.15) is 5.26 Å². The van der Waals surface area contributed by atoms with Gasteiger partial charge in [0.1, 0.15) is 10.9 Å². The minimum Gasteiger partial charge on any atom is -0.493 e.